The van der Waals surface area contributed by atoms with Gasteiger partial charge in [-0.3, -0.25) is 14.7 Å². The molecule has 0 radical (unpaired) electrons. The number of piperidine rings is 1. The van der Waals surface area contributed by atoms with Crippen molar-refractivity contribution >= 4 is 17.5 Å². The van der Waals surface area contributed by atoms with E-state index in [4.69, 9.17) is 16.6 Å². The highest BCUT2D eigenvalue weighted by Crippen LogP contribution is 2.30. The van der Waals surface area contributed by atoms with Crippen LogP contribution in [0.4, 0.5) is 0 Å². The van der Waals surface area contributed by atoms with E-state index in [1.54, 1.807) is 0 Å². The molecule has 32 heavy (non-hydrogen) atoms. The van der Waals surface area contributed by atoms with Gasteiger partial charge >= 0.3 is 0 Å². The number of carbonyl (C=O) groups is 1. The molecular formula is C27H30ClN3O. The molecule has 0 atom stereocenters. The smallest absolute Gasteiger partial charge is 0.253 e. The molecule has 4 nitrogen and oxygen atoms in total. The lowest BCUT2D eigenvalue weighted by molar-refractivity contribution is 0.0948. The van der Waals surface area contributed by atoms with E-state index in [-0.39, 0.29) is 5.91 Å². The third-order valence-electron chi connectivity index (χ3n) is 6.14. The first-order valence-corrected chi connectivity index (χ1v) is 11.6. The molecule has 0 saturated carbocycles. The van der Waals surface area contributed by atoms with E-state index >= 15 is 0 Å². The Morgan fingerprint density at radius 1 is 1.03 bits per heavy atom. The van der Waals surface area contributed by atoms with Crippen LogP contribution in [0.1, 0.15) is 57.2 Å². The van der Waals surface area contributed by atoms with Gasteiger partial charge in [-0.25, -0.2) is 0 Å². The highest BCUT2D eigenvalue weighted by Gasteiger charge is 2.26. The van der Waals surface area contributed by atoms with Crippen LogP contribution in [-0.2, 0) is 13.1 Å². The van der Waals surface area contributed by atoms with E-state index in [0.29, 0.717) is 18.0 Å². The molecule has 0 spiro atoms. The monoisotopic (exact) mass is 447 g/mol. The highest BCUT2D eigenvalue weighted by molar-refractivity contribution is 6.30. The molecule has 5 heteroatoms. The third-order valence-corrected chi connectivity index (χ3v) is 6.39. The summed E-state index contributed by atoms with van der Waals surface area (Å²) >= 11 is 6.01. The standard InChI is InChI=1S/C27H30ClN3O/c1-19-4-3-5-22(16-19)17-29-27(32)25-11-6-20(2)30-26(25)23-12-14-31(15-13-23)18-21-7-9-24(28)10-8-21/h3-11,16,23H,12-15,17-18H2,1-2H3,(H,29,32). The van der Waals surface area contributed by atoms with Crippen molar-refractivity contribution in [1.29, 1.82) is 0 Å². The van der Waals surface area contributed by atoms with Crippen molar-refractivity contribution in [3.05, 3.63) is 99.3 Å². The van der Waals surface area contributed by atoms with E-state index in [9.17, 15) is 4.79 Å². The van der Waals surface area contributed by atoms with Gasteiger partial charge in [0.15, 0.2) is 0 Å². The molecule has 1 saturated heterocycles. The van der Waals surface area contributed by atoms with Crippen LogP contribution in [0, 0.1) is 13.8 Å². The third kappa shape index (κ3) is 5.76. The molecule has 166 valence electrons. The largest absolute Gasteiger partial charge is 0.348 e. The van der Waals surface area contributed by atoms with Crippen LogP contribution in [0.2, 0.25) is 5.02 Å². The summed E-state index contributed by atoms with van der Waals surface area (Å²) in [5.74, 6) is 0.258. The molecular weight excluding hydrogens is 418 g/mol. The second-order valence-electron chi connectivity index (χ2n) is 8.73. The molecule has 1 aliphatic rings. The number of carbonyl (C=O) groups excluding carboxylic acids is 1. The Morgan fingerprint density at radius 3 is 2.50 bits per heavy atom. The Hall–Kier alpha value is -2.69. The molecule has 2 aromatic carbocycles. The van der Waals surface area contributed by atoms with E-state index in [2.05, 4.69) is 41.4 Å². The predicted molar refractivity (Wildman–Crippen MR) is 130 cm³/mol. The molecule has 2 heterocycles. The number of nitrogens with zero attached hydrogens (tertiary/aromatic N) is 2. The van der Waals surface area contributed by atoms with Gasteiger partial charge in [-0.1, -0.05) is 53.6 Å². The van der Waals surface area contributed by atoms with Crippen LogP contribution in [0.5, 0.6) is 0 Å². The molecule has 0 aliphatic carbocycles. The van der Waals surface area contributed by atoms with Crippen LogP contribution >= 0.6 is 11.6 Å². The molecule has 1 aliphatic heterocycles. The highest BCUT2D eigenvalue weighted by atomic mass is 35.5. The number of aromatic nitrogens is 1. The fourth-order valence-electron chi connectivity index (χ4n) is 4.39. The molecule has 1 amide bonds. The minimum Gasteiger partial charge on any atom is -0.348 e. The lowest BCUT2D eigenvalue weighted by Gasteiger charge is -2.32. The van der Waals surface area contributed by atoms with Crippen molar-refractivity contribution < 1.29 is 4.79 Å². The number of nitrogens with one attached hydrogen (secondary N) is 1. The number of benzene rings is 2. The van der Waals surface area contributed by atoms with Crippen LogP contribution in [-0.4, -0.2) is 28.9 Å². The molecule has 1 fully saturated rings. The number of hydrogen-bond donors (Lipinski definition) is 1. The van der Waals surface area contributed by atoms with E-state index in [1.165, 1.54) is 11.1 Å². The van der Waals surface area contributed by atoms with Gasteiger partial charge in [0.1, 0.15) is 0 Å². The van der Waals surface area contributed by atoms with Crippen LogP contribution in [0.25, 0.3) is 0 Å². The molecule has 0 unspecified atom stereocenters. The number of amides is 1. The molecule has 3 aromatic rings. The SMILES string of the molecule is Cc1cccc(CNC(=O)c2ccc(C)nc2C2CCN(Cc3ccc(Cl)cc3)CC2)c1. The zero-order chi connectivity index (χ0) is 22.5. The Balaban J connectivity index is 1.40. The first-order chi connectivity index (χ1) is 15.5. The number of likely N-dealkylation sites (tertiary alicyclic amines) is 1. The normalized spacial score (nSPS) is 15.0. The van der Waals surface area contributed by atoms with Crippen molar-refractivity contribution in [1.82, 2.24) is 15.2 Å². The number of pyridine rings is 1. The van der Waals surface area contributed by atoms with Gasteiger partial charge in [-0.15, -0.1) is 0 Å². The molecule has 1 aromatic heterocycles. The summed E-state index contributed by atoms with van der Waals surface area (Å²) in [7, 11) is 0. The second kappa shape index (κ2) is 10.3. The van der Waals surface area contributed by atoms with Crippen molar-refractivity contribution in [2.75, 3.05) is 13.1 Å². The fourth-order valence-corrected chi connectivity index (χ4v) is 4.52. The summed E-state index contributed by atoms with van der Waals surface area (Å²) in [6, 6.07) is 20.2. The summed E-state index contributed by atoms with van der Waals surface area (Å²) in [6.07, 6.45) is 2.00. The average Bonchev–Trinajstić information content (AvgIpc) is 2.79. The van der Waals surface area contributed by atoms with Crippen LogP contribution < -0.4 is 5.32 Å². The van der Waals surface area contributed by atoms with Crippen LogP contribution in [0.3, 0.4) is 0 Å². The maximum atomic E-state index is 13.0. The van der Waals surface area contributed by atoms with Crippen LogP contribution in [0.15, 0.2) is 60.7 Å². The predicted octanol–water partition coefficient (Wildman–Crippen LogP) is 5.66. The van der Waals surface area contributed by atoms with Gasteiger partial charge in [0.2, 0.25) is 0 Å². The maximum Gasteiger partial charge on any atom is 0.253 e. The quantitative estimate of drug-likeness (QED) is 0.530. The number of hydrogen-bond acceptors (Lipinski definition) is 3. The second-order valence-corrected chi connectivity index (χ2v) is 9.17. The molecule has 0 bridgehead atoms. The van der Waals surface area contributed by atoms with Crippen molar-refractivity contribution in [3.63, 3.8) is 0 Å². The van der Waals surface area contributed by atoms with Gasteiger partial charge in [-0.05, 0) is 75.2 Å². The lowest BCUT2D eigenvalue weighted by Crippen LogP contribution is -2.34. The summed E-state index contributed by atoms with van der Waals surface area (Å²) in [6.45, 7) is 7.49. The topological polar surface area (TPSA) is 45.2 Å². The zero-order valence-corrected chi connectivity index (χ0v) is 19.5. The summed E-state index contributed by atoms with van der Waals surface area (Å²) < 4.78 is 0. The Kier molecular flexibility index (Phi) is 7.23. The minimum absolute atomic E-state index is 0.0439. The minimum atomic E-state index is -0.0439. The van der Waals surface area contributed by atoms with E-state index in [0.717, 1.165) is 54.4 Å². The van der Waals surface area contributed by atoms with Crippen molar-refractivity contribution in [2.24, 2.45) is 0 Å². The summed E-state index contributed by atoms with van der Waals surface area (Å²) in [4.78, 5) is 20.3. The maximum absolute atomic E-state index is 13.0. The number of aryl methyl sites for hydroxylation is 2. The lowest BCUT2D eigenvalue weighted by atomic mass is 9.89. The van der Waals surface area contributed by atoms with Gasteiger partial charge in [0.25, 0.3) is 5.91 Å². The molecule has 1 N–H and O–H groups in total. The summed E-state index contributed by atoms with van der Waals surface area (Å²) in [5, 5.41) is 3.86. The summed E-state index contributed by atoms with van der Waals surface area (Å²) in [5.41, 5.74) is 6.18. The van der Waals surface area contributed by atoms with Crippen molar-refractivity contribution in [3.8, 4) is 0 Å². The van der Waals surface area contributed by atoms with Gasteiger partial charge in [0.05, 0.1) is 11.3 Å². The van der Waals surface area contributed by atoms with E-state index < -0.39 is 0 Å². The number of rotatable bonds is 6. The Bertz CT molecular complexity index is 1070. The average molecular weight is 448 g/mol. The van der Waals surface area contributed by atoms with Gasteiger partial charge < -0.3 is 5.32 Å². The Labute approximate surface area is 195 Å². The van der Waals surface area contributed by atoms with Gasteiger partial charge in [-0.2, -0.15) is 0 Å². The van der Waals surface area contributed by atoms with Gasteiger partial charge in [0, 0.05) is 29.7 Å². The van der Waals surface area contributed by atoms with Crippen molar-refractivity contribution in [2.45, 2.75) is 45.7 Å². The Morgan fingerprint density at radius 2 is 1.78 bits per heavy atom. The first kappa shape index (κ1) is 22.5. The van der Waals surface area contributed by atoms with E-state index in [1.807, 2.05) is 43.3 Å². The molecule has 4 rings (SSSR count). The number of halogens is 1. The fraction of sp³-hybridized carbons (Fsp3) is 0.333. The first-order valence-electron chi connectivity index (χ1n) is 11.3. The zero-order valence-electron chi connectivity index (χ0n) is 18.8.